The standard InChI is InChI=1S/C12H17NO4S/c1-3-4-11(12(14)17-2)18(15,16)10-7-5-9(13)6-8-10/h5-8,11H,3-4,13H2,1-2H3. The molecule has 0 radical (unpaired) electrons. The van der Waals surface area contributed by atoms with Gasteiger partial charge in [-0.1, -0.05) is 13.3 Å². The van der Waals surface area contributed by atoms with Gasteiger partial charge in [0.05, 0.1) is 12.0 Å². The molecular weight excluding hydrogens is 254 g/mol. The lowest BCUT2D eigenvalue weighted by Crippen LogP contribution is -2.31. The van der Waals surface area contributed by atoms with Gasteiger partial charge in [-0.2, -0.15) is 0 Å². The Bertz CT molecular complexity index is 507. The SMILES string of the molecule is CCCC(C(=O)OC)S(=O)(=O)c1ccc(N)cc1. The molecule has 0 amide bonds. The number of carbonyl (C=O) groups is 1. The molecule has 0 aliphatic heterocycles. The molecule has 5 nitrogen and oxygen atoms in total. The van der Waals surface area contributed by atoms with Gasteiger partial charge in [0.2, 0.25) is 0 Å². The smallest absolute Gasteiger partial charge is 0.324 e. The van der Waals surface area contributed by atoms with Crippen molar-refractivity contribution >= 4 is 21.5 Å². The number of esters is 1. The van der Waals surface area contributed by atoms with Crippen LogP contribution in [0.5, 0.6) is 0 Å². The number of methoxy groups -OCH3 is 1. The van der Waals surface area contributed by atoms with E-state index in [4.69, 9.17) is 5.73 Å². The van der Waals surface area contributed by atoms with Gasteiger partial charge in [0, 0.05) is 5.69 Å². The first kappa shape index (κ1) is 14.5. The van der Waals surface area contributed by atoms with E-state index in [0.717, 1.165) is 0 Å². The van der Waals surface area contributed by atoms with Crippen molar-refractivity contribution in [3.8, 4) is 0 Å². The summed E-state index contributed by atoms with van der Waals surface area (Å²) in [6.07, 6.45) is 0.813. The van der Waals surface area contributed by atoms with Crippen molar-refractivity contribution in [1.82, 2.24) is 0 Å². The lowest BCUT2D eigenvalue weighted by Gasteiger charge is -2.14. The lowest BCUT2D eigenvalue weighted by molar-refractivity contribution is -0.140. The summed E-state index contributed by atoms with van der Waals surface area (Å²) in [4.78, 5) is 11.6. The summed E-state index contributed by atoms with van der Waals surface area (Å²) in [6.45, 7) is 1.81. The third-order valence-electron chi connectivity index (χ3n) is 2.60. The Balaban J connectivity index is 3.16. The molecule has 1 aromatic carbocycles. The summed E-state index contributed by atoms with van der Waals surface area (Å²) >= 11 is 0. The fourth-order valence-corrected chi connectivity index (χ4v) is 3.35. The maximum atomic E-state index is 12.3. The highest BCUT2D eigenvalue weighted by atomic mass is 32.2. The van der Waals surface area contributed by atoms with Crippen LogP contribution in [0.25, 0.3) is 0 Å². The summed E-state index contributed by atoms with van der Waals surface area (Å²) < 4.78 is 29.1. The summed E-state index contributed by atoms with van der Waals surface area (Å²) in [5.41, 5.74) is 5.98. The van der Waals surface area contributed by atoms with Crippen LogP contribution in [-0.4, -0.2) is 26.7 Å². The Morgan fingerprint density at radius 2 is 1.89 bits per heavy atom. The number of nitrogen functional groups attached to an aromatic ring is 1. The molecule has 0 saturated heterocycles. The first-order chi connectivity index (χ1) is 8.43. The molecule has 0 bridgehead atoms. The van der Waals surface area contributed by atoms with E-state index in [1.54, 1.807) is 0 Å². The van der Waals surface area contributed by atoms with E-state index in [1.165, 1.54) is 31.4 Å². The Morgan fingerprint density at radius 1 is 1.33 bits per heavy atom. The van der Waals surface area contributed by atoms with Gasteiger partial charge in [-0.05, 0) is 30.7 Å². The Morgan fingerprint density at radius 3 is 2.33 bits per heavy atom. The van der Waals surface area contributed by atoms with E-state index < -0.39 is 21.1 Å². The second-order valence-corrected chi connectivity index (χ2v) is 6.04. The number of hydrogen-bond acceptors (Lipinski definition) is 5. The molecule has 100 valence electrons. The number of carbonyl (C=O) groups excluding carboxylic acids is 1. The largest absolute Gasteiger partial charge is 0.468 e. The number of rotatable bonds is 5. The van der Waals surface area contributed by atoms with E-state index in [2.05, 4.69) is 4.74 Å². The van der Waals surface area contributed by atoms with Crippen LogP contribution in [0.2, 0.25) is 0 Å². The van der Waals surface area contributed by atoms with Crippen LogP contribution in [0.4, 0.5) is 5.69 Å². The van der Waals surface area contributed by atoms with Gasteiger partial charge in [-0.25, -0.2) is 8.42 Å². The molecule has 1 atom stereocenters. The van der Waals surface area contributed by atoms with E-state index in [9.17, 15) is 13.2 Å². The van der Waals surface area contributed by atoms with E-state index in [0.29, 0.717) is 12.1 Å². The first-order valence-corrected chi connectivity index (χ1v) is 7.15. The molecule has 0 saturated carbocycles. The Hall–Kier alpha value is -1.56. The molecule has 0 spiro atoms. The number of hydrogen-bond donors (Lipinski definition) is 1. The molecule has 0 heterocycles. The van der Waals surface area contributed by atoms with Gasteiger partial charge < -0.3 is 10.5 Å². The predicted octanol–water partition coefficient (Wildman–Crippen LogP) is 1.38. The van der Waals surface area contributed by atoms with Crippen molar-refractivity contribution < 1.29 is 17.9 Å². The summed E-state index contributed by atoms with van der Waals surface area (Å²) in [6, 6.07) is 5.78. The minimum atomic E-state index is -3.72. The van der Waals surface area contributed by atoms with E-state index >= 15 is 0 Å². The molecule has 6 heteroatoms. The van der Waals surface area contributed by atoms with Crippen LogP contribution in [0.1, 0.15) is 19.8 Å². The van der Waals surface area contributed by atoms with E-state index in [-0.39, 0.29) is 11.3 Å². The van der Waals surface area contributed by atoms with Crippen molar-refractivity contribution in [3.05, 3.63) is 24.3 Å². The highest BCUT2D eigenvalue weighted by molar-refractivity contribution is 7.92. The number of ether oxygens (including phenoxy) is 1. The topological polar surface area (TPSA) is 86.5 Å². The molecule has 0 aliphatic carbocycles. The van der Waals surface area contributed by atoms with E-state index in [1.807, 2.05) is 6.92 Å². The lowest BCUT2D eigenvalue weighted by atomic mass is 10.2. The van der Waals surface area contributed by atoms with Gasteiger partial charge >= 0.3 is 5.97 Å². The zero-order valence-electron chi connectivity index (χ0n) is 10.4. The summed E-state index contributed by atoms with van der Waals surface area (Å²) in [7, 11) is -2.54. The van der Waals surface area contributed by atoms with Crippen molar-refractivity contribution in [2.45, 2.75) is 29.9 Å². The minimum absolute atomic E-state index is 0.0838. The van der Waals surface area contributed by atoms with Gasteiger partial charge in [0.25, 0.3) is 0 Å². The van der Waals surface area contributed by atoms with Crippen molar-refractivity contribution in [3.63, 3.8) is 0 Å². The second kappa shape index (κ2) is 5.86. The maximum absolute atomic E-state index is 12.3. The third-order valence-corrected chi connectivity index (χ3v) is 4.70. The third kappa shape index (κ3) is 3.01. The van der Waals surface area contributed by atoms with Gasteiger partial charge in [-0.15, -0.1) is 0 Å². The number of nitrogens with two attached hydrogens (primary N) is 1. The molecule has 18 heavy (non-hydrogen) atoms. The predicted molar refractivity (Wildman–Crippen MR) is 68.8 cm³/mol. The molecule has 1 rings (SSSR count). The van der Waals surface area contributed by atoms with Crippen LogP contribution in [0, 0.1) is 0 Å². The zero-order chi connectivity index (χ0) is 13.8. The monoisotopic (exact) mass is 271 g/mol. The molecule has 1 aromatic rings. The fraction of sp³-hybridized carbons (Fsp3) is 0.417. The van der Waals surface area contributed by atoms with Crippen molar-refractivity contribution in [2.24, 2.45) is 0 Å². The van der Waals surface area contributed by atoms with Crippen molar-refractivity contribution in [1.29, 1.82) is 0 Å². The molecule has 2 N–H and O–H groups in total. The first-order valence-electron chi connectivity index (χ1n) is 5.60. The summed E-state index contributed by atoms with van der Waals surface area (Å²) in [5.74, 6) is -0.728. The van der Waals surface area contributed by atoms with Crippen LogP contribution in [-0.2, 0) is 19.4 Å². The highest BCUT2D eigenvalue weighted by Gasteiger charge is 2.33. The van der Waals surface area contributed by atoms with Gasteiger partial charge in [-0.3, -0.25) is 4.79 Å². The molecule has 0 fully saturated rings. The van der Waals surface area contributed by atoms with Crippen LogP contribution >= 0.6 is 0 Å². The maximum Gasteiger partial charge on any atom is 0.324 e. The zero-order valence-corrected chi connectivity index (χ0v) is 11.2. The van der Waals surface area contributed by atoms with Crippen LogP contribution in [0.3, 0.4) is 0 Å². The average molecular weight is 271 g/mol. The average Bonchev–Trinajstić information content (AvgIpc) is 2.35. The number of benzene rings is 1. The molecule has 0 aromatic heterocycles. The fourth-order valence-electron chi connectivity index (χ4n) is 1.62. The highest BCUT2D eigenvalue weighted by Crippen LogP contribution is 2.21. The van der Waals surface area contributed by atoms with Crippen LogP contribution < -0.4 is 5.73 Å². The second-order valence-electron chi connectivity index (χ2n) is 3.91. The van der Waals surface area contributed by atoms with Gasteiger partial charge in [0.15, 0.2) is 15.1 Å². The molecule has 0 aliphatic rings. The Kier molecular flexibility index (Phi) is 4.72. The molecular formula is C12H17NO4S. The normalized spacial score (nSPS) is 13.0. The quantitative estimate of drug-likeness (QED) is 0.646. The summed E-state index contributed by atoms with van der Waals surface area (Å²) in [5, 5.41) is -1.16. The van der Waals surface area contributed by atoms with Gasteiger partial charge in [0.1, 0.15) is 0 Å². The Labute approximate surface area is 107 Å². The number of sulfone groups is 1. The van der Waals surface area contributed by atoms with Crippen molar-refractivity contribution in [2.75, 3.05) is 12.8 Å². The van der Waals surface area contributed by atoms with Crippen LogP contribution in [0.15, 0.2) is 29.2 Å². The molecule has 1 unspecified atom stereocenters. The number of anilines is 1. The minimum Gasteiger partial charge on any atom is -0.468 e.